The fourth-order valence-electron chi connectivity index (χ4n) is 4.79. The molecule has 2 heterocycles. The minimum absolute atomic E-state index is 0.0104. The molecule has 0 aliphatic rings. The largest absolute Gasteiger partial charge is 0.504 e. The number of phenolic OH excluding ortho intramolecular Hbond substituents is 1. The van der Waals surface area contributed by atoms with E-state index < -0.39 is 34.7 Å². The lowest BCUT2D eigenvalue weighted by atomic mass is 9.98. The molecule has 0 bridgehead atoms. The smallest absolute Gasteiger partial charge is 0.314 e. The van der Waals surface area contributed by atoms with E-state index in [0.717, 1.165) is 31.0 Å². The lowest BCUT2D eigenvalue weighted by molar-refractivity contribution is -0.139. The first-order valence-electron chi connectivity index (χ1n) is 13.9. The van der Waals surface area contributed by atoms with Crippen molar-refractivity contribution in [2.45, 2.75) is 46.1 Å². The van der Waals surface area contributed by atoms with Gasteiger partial charge in [0.2, 0.25) is 5.75 Å². The van der Waals surface area contributed by atoms with Crippen molar-refractivity contribution in [3.63, 3.8) is 0 Å². The Kier molecular flexibility index (Phi) is 8.79. The van der Waals surface area contributed by atoms with Crippen molar-refractivity contribution in [1.29, 1.82) is 0 Å². The quantitative estimate of drug-likeness (QED) is 0.133. The van der Waals surface area contributed by atoms with Gasteiger partial charge >= 0.3 is 5.97 Å². The van der Waals surface area contributed by atoms with Crippen molar-refractivity contribution < 1.29 is 32.6 Å². The number of phenols is 1. The van der Waals surface area contributed by atoms with Gasteiger partial charge in [-0.3, -0.25) is 9.59 Å². The van der Waals surface area contributed by atoms with Crippen LogP contribution in [-0.4, -0.2) is 26.1 Å². The summed E-state index contributed by atoms with van der Waals surface area (Å²) in [6.45, 7) is 3.68. The monoisotopic (exact) mass is 589 g/mol. The SMILES string of the molecule is CCCC(CCC)C(=O)Oc1c(OCc2cn(-c3cc(F)cc(F)c3)nn2)cc2oc(-c3ccccc3)cc(=O)c2c1O. The number of hydrogen-bond donors (Lipinski definition) is 1. The fourth-order valence-corrected chi connectivity index (χ4v) is 4.79. The van der Waals surface area contributed by atoms with E-state index in [1.54, 1.807) is 24.3 Å². The maximum atomic E-state index is 13.7. The number of rotatable bonds is 11. The van der Waals surface area contributed by atoms with E-state index in [1.165, 1.54) is 23.0 Å². The highest BCUT2D eigenvalue weighted by Crippen LogP contribution is 2.43. The molecule has 0 atom stereocenters. The molecule has 3 aromatic carbocycles. The van der Waals surface area contributed by atoms with Crippen LogP contribution >= 0.6 is 0 Å². The molecule has 5 rings (SSSR count). The van der Waals surface area contributed by atoms with Gasteiger partial charge in [0.05, 0.1) is 17.8 Å². The number of ether oxygens (including phenoxy) is 2. The van der Waals surface area contributed by atoms with E-state index in [0.29, 0.717) is 18.4 Å². The lowest BCUT2D eigenvalue weighted by Crippen LogP contribution is -2.21. The van der Waals surface area contributed by atoms with Crippen LogP contribution in [-0.2, 0) is 11.4 Å². The van der Waals surface area contributed by atoms with Crippen molar-refractivity contribution in [3.8, 4) is 34.3 Å². The normalized spacial score (nSPS) is 11.3. The molecule has 11 heteroatoms. The number of benzene rings is 3. The second kappa shape index (κ2) is 12.8. The number of carbonyl (C=O) groups excluding carboxylic acids is 1. The second-order valence-electron chi connectivity index (χ2n) is 10.0. The highest BCUT2D eigenvalue weighted by atomic mass is 19.1. The Balaban J connectivity index is 1.53. The Bertz CT molecular complexity index is 1790. The number of esters is 1. The van der Waals surface area contributed by atoms with Crippen LogP contribution in [0.4, 0.5) is 8.78 Å². The van der Waals surface area contributed by atoms with E-state index in [1.807, 2.05) is 19.9 Å². The molecule has 5 aromatic rings. The van der Waals surface area contributed by atoms with Crippen LogP contribution in [0.3, 0.4) is 0 Å². The molecule has 0 saturated carbocycles. The number of nitrogens with zero attached hydrogens (tertiary/aromatic N) is 3. The number of halogens is 2. The van der Waals surface area contributed by atoms with Crippen molar-refractivity contribution in [1.82, 2.24) is 15.0 Å². The molecule has 0 amide bonds. The van der Waals surface area contributed by atoms with Gasteiger partial charge in [-0.1, -0.05) is 62.2 Å². The Morgan fingerprint density at radius 2 is 1.72 bits per heavy atom. The summed E-state index contributed by atoms with van der Waals surface area (Å²) >= 11 is 0. The first-order valence-corrected chi connectivity index (χ1v) is 13.9. The number of fused-ring (bicyclic) bond motifs is 1. The number of aromatic hydroxyl groups is 1. The summed E-state index contributed by atoms with van der Waals surface area (Å²) in [5.74, 6) is -3.26. The molecular weight excluding hydrogens is 560 g/mol. The predicted octanol–water partition coefficient (Wildman–Crippen LogP) is 6.73. The van der Waals surface area contributed by atoms with E-state index in [2.05, 4.69) is 10.3 Å². The molecule has 1 N–H and O–H groups in total. The molecule has 222 valence electrons. The van der Waals surface area contributed by atoms with Gasteiger partial charge in [0.1, 0.15) is 40.7 Å². The van der Waals surface area contributed by atoms with Crippen LogP contribution in [0.25, 0.3) is 28.0 Å². The van der Waals surface area contributed by atoms with Gasteiger partial charge in [-0.25, -0.2) is 13.5 Å². The summed E-state index contributed by atoms with van der Waals surface area (Å²) in [6.07, 6.45) is 4.09. The minimum Gasteiger partial charge on any atom is -0.504 e. The van der Waals surface area contributed by atoms with E-state index in [4.69, 9.17) is 13.9 Å². The van der Waals surface area contributed by atoms with Crippen LogP contribution < -0.4 is 14.9 Å². The van der Waals surface area contributed by atoms with Gasteiger partial charge in [-0.2, -0.15) is 0 Å². The molecule has 0 saturated heterocycles. The van der Waals surface area contributed by atoms with E-state index in [-0.39, 0.29) is 46.2 Å². The predicted molar refractivity (Wildman–Crippen MR) is 154 cm³/mol. The molecule has 2 aromatic heterocycles. The molecule has 0 aliphatic heterocycles. The van der Waals surface area contributed by atoms with Gasteiger partial charge in [-0.15, -0.1) is 5.10 Å². The maximum absolute atomic E-state index is 13.7. The number of aromatic nitrogens is 3. The molecular formula is C32H29F2N3O6. The first-order chi connectivity index (χ1) is 20.8. The minimum atomic E-state index is -0.776. The molecule has 0 spiro atoms. The highest BCUT2D eigenvalue weighted by Gasteiger charge is 2.26. The van der Waals surface area contributed by atoms with Crippen LogP contribution in [0, 0.1) is 17.6 Å². The number of hydrogen-bond acceptors (Lipinski definition) is 8. The molecule has 0 aliphatic carbocycles. The fraction of sp³-hybridized carbons (Fsp3) is 0.250. The average Bonchev–Trinajstić information content (AvgIpc) is 3.46. The van der Waals surface area contributed by atoms with Gasteiger partial charge in [0.15, 0.2) is 16.9 Å². The topological polar surface area (TPSA) is 117 Å². The van der Waals surface area contributed by atoms with E-state index in [9.17, 15) is 23.5 Å². The maximum Gasteiger partial charge on any atom is 0.314 e. The molecule has 0 radical (unpaired) electrons. The van der Waals surface area contributed by atoms with Gasteiger partial charge in [-0.05, 0) is 25.0 Å². The zero-order chi connectivity index (χ0) is 30.5. The summed E-state index contributed by atoms with van der Waals surface area (Å²) < 4.78 is 46.2. The molecule has 0 fully saturated rings. The average molecular weight is 590 g/mol. The highest BCUT2D eigenvalue weighted by molar-refractivity contribution is 5.91. The zero-order valence-corrected chi connectivity index (χ0v) is 23.5. The lowest BCUT2D eigenvalue weighted by Gasteiger charge is -2.18. The molecule has 43 heavy (non-hydrogen) atoms. The van der Waals surface area contributed by atoms with Gasteiger partial charge < -0.3 is 19.0 Å². The summed E-state index contributed by atoms with van der Waals surface area (Å²) in [5, 5.41) is 19.0. The summed E-state index contributed by atoms with van der Waals surface area (Å²) in [6, 6.07) is 14.5. The Morgan fingerprint density at radius 3 is 2.40 bits per heavy atom. The summed E-state index contributed by atoms with van der Waals surface area (Å²) in [4.78, 5) is 26.3. The van der Waals surface area contributed by atoms with Crippen LogP contribution in [0.1, 0.15) is 45.2 Å². The first kappa shape index (κ1) is 29.4. The molecule has 0 unspecified atom stereocenters. The summed E-state index contributed by atoms with van der Waals surface area (Å²) in [7, 11) is 0. The van der Waals surface area contributed by atoms with Crippen molar-refractivity contribution >= 4 is 16.9 Å². The van der Waals surface area contributed by atoms with E-state index >= 15 is 0 Å². The zero-order valence-electron chi connectivity index (χ0n) is 23.5. The summed E-state index contributed by atoms with van der Waals surface area (Å²) in [5.41, 5.74) is 0.492. The third kappa shape index (κ3) is 6.56. The second-order valence-corrected chi connectivity index (χ2v) is 10.0. The Hall–Kier alpha value is -5.06. The van der Waals surface area contributed by atoms with Gasteiger partial charge in [0.25, 0.3) is 0 Å². The van der Waals surface area contributed by atoms with Crippen LogP contribution in [0.2, 0.25) is 0 Å². The van der Waals surface area contributed by atoms with Gasteiger partial charge in [0, 0.05) is 23.8 Å². The Labute approximate surface area is 245 Å². The van der Waals surface area contributed by atoms with Crippen molar-refractivity contribution in [3.05, 3.63) is 94.4 Å². The Morgan fingerprint density at radius 1 is 1.02 bits per heavy atom. The number of carbonyl (C=O) groups is 1. The van der Waals surface area contributed by atoms with Crippen LogP contribution in [0.15, 0.2) is 76.1 Å². The molecule has 9 nitrogen and oxygen atoms in total. The standard InChI is InChI=1S/C32H29F2N3O6/c1-3-8-20(9-4-2)32(40)43-31-28(41-18-23-17-37(36-35-23)24-13-21(33)12-22(34)14-24)16-27-29(30(31)39)25(38)15-26(42-27)19-10-6-5-7-11-19/h5-7,10-17,20,39H,3-4,8-9,18H2,1-2H3. The van der Waals surface area contributed by atoms with Crippen LogP contribution in [0.5, 0.6) is 17.2 Å². The third-order valence-electron chi connectivity index (χ3n) is 6.81. The van der Waals surface area contributed by atoms with Crippen molar-refractivity contribution in [2.75, 3.05) is 0 Å². The third-order valence-corrected chi connectivity index (χ3v) is 6.81. The van der Waals surface area contributed by atoms with Crippen molar-refractivity contribution in [2.24, 2.45) is 5.92 Å².